The number of nitrogens with one attached hydrogen (secondary N) is 2. The van der Waals surface area contributed by atoms with Gasteiger partial charge in [0.05, 0.1) is 23.3 Å². The van der Waals surface area contributed by atoms with Crippen molar-refractivity contribution in [3.05, 3.63) is 61.5 Å². The van der Waals surface area contributed by atoms with E-state index in [1.807, 2.05) is 24.3 Å². The molecule has 0 bridgehead atoms. The van der Waals surface area contributed by atoms with Crippen LogP contribution in [0.4, 0.5) is 11.6 Å². The summed E-state index contributed by atoms with van der Waals surface area (Å²) in [5.74, 6) is 1.08. The highest BCUT2D eigenvalue weighted by Gasteiger charge is 2.53. The maximum absolute atomic E-state index is 12.5. The Morgan fingerprint density at radius 3 is 2.77 bits per heavy atom. The van der Waals surface area contributed by atoms with Crippen LogP contribution in [0.3, 0.4) is 0 Å². The Kier molecular flexibility index (Phi) is 5.00. The van der Waals surface area contributed by atoms with Crippen molar-refractivity contribution in [1.82, 2.24) is 29.0 Å². The van der Waals surface area contributed by atoms with Gasteiger partial charge in [0, 0.05) is 48.5 Å². The highest BCUT2D eigenvalue weighted by Crippen LogP contribution is 2.38. The van der Waals surface area contributed by atoms with Crippen LogP contribution >= 0.6 is 0 Å². The van der Waals surface area contributed by atoms with Crippen LogP contribution in [0.25, 0.3) is 22.6 Å². The average Bonchev–Trinajstić information content (AvgIpc) is 3.35. The zero-order valence-corrected chi connectivity index (χ0v) is 19.4. The number of oxazole rings is 1. The molecule has 178 valence electrons. The minimum atomic E-state index is -3.27. The Bertz CT molecular complexity index is 1490. The molecule has 6 rings (SSSR count). The molecule has 35 heavy (non-hydrogen) atoms. The predicted molar refractivity (Wildman–Crippen MR) is 129 cm³/mol. The molecular formula is C23H22N8O3S. The second-order valence-corrected chi connectivity index (χ2v) is 11.0. The second kappa shape index (κ2) is 8.10. The summed E-state index contributed by atoms with van der Waals surface area (Å²) in [6.45, 7) is 0.434. The quantitative estimate of drug-likeness (QED) is 0.359. The van der Waals surface area contributed by atoms with Crippen molar-refractivity contribution in [2.24, 2.45) is 0 Å². The van der Waals surface area contributed by atoms with Crippen LogP contribution in [-0.4, -0.2) is 62.0 Å². The van der Waals surface area contributed by atoms with Gasteiger partial charge in [-0.3, -0.25) is 4.68 Å². The van der Waals surface area contributed by atoms with Crippen molar-refractivity contribution in [2.45, 2.75) is 23.6 Å². The van der Waals surface area contributed by atoms with E-state index in [1.54, 1.807) is 35.5 Å². The number of benzene rings is 1. The first-order chi connectivity index (χ1) is 17.0. The van der Waals surface area contributed by atoms with Crippen molar-refractivity contribution < 1.29 is 12.8 Å². The van der Waals surface area contributed by atoms with Crippen LogP contribution in [0.2, 0.25) is 0 Å². The third-order valence-electron chi connectivity index (χ3n) is 6.30. The standard InChI is InChI=1S/C23H22N8O3S/c24-12-23(13-30(14-23)35(32,33)19-4-5-19)31-11-17(9-27-31)20-6-7-26-22(29-20)28-18-3-1-2-16(8-18)21-10-25-15-34-21/h1-3,6-12,15,19,24H,4-5,13-14H2,(H,26,28,29). The molecule has 12 heteroatoms. The van der Waals surface area contributed by atoms with Crippen LogP contribution in [0.15, 0.2) is 65.9 Å². The highest BCUT2D eigenvalue weighted by molar-refractivity contribution is 7.90. The van der Waals surface area contributed by atoms with Crippen LogP contribution in [-0.2, 0) is 15.6 Å². The summed E-state index contributed by atoms with van der Waals surface area (Å²) in [6, 6.07) is 9.42. The summed E-state index contributed by atoms with van der Waals surface area (Å²) < 4.78 is 33.5. The fourth-order valence-electron chi connectivity index (χ4n) is 4.14. The monoisotopic (exact) mass is 490 g/mol. The molecule has 1 saturated heterocycles. The summed E-state index contributed by atoms with van der Waals surface area (Å²) in [5, 5.41) is 15.3. The molecule has 4 heterocycles. The zero-order valence-electron chi connectivity index (χ0n) is 18.6. The normalized spacial score (nSPS) is 17.6. The predicted octanol–water partition coefficient (Wildman–Crippen LogP) is 2.89. The van der Waals surface area contributed by atoms with Crippen molar-refractivity contribution in [1.29, 1.82) is 5.41 Å². The Morgan fingerprint density at radius 2 is 2.03 bits per heavy atom. The molecule has 1 aliphatic heterocycles. The fraction of sp³-hybridized carbons (Fsp3) is 0.261. The van der Waals surface area contributed by atoms with Gasteiger partial charge >= 0.3 is 0 Å². The van der Waals surface area contributed by atoms with Crippen molar-refractivity contribution in [3.8, 4) is 22.6 Å². The number of aromatic nitrogens is 5. The molecule has 11 nitrogen and oxygen atoms in total. The van der Waals surface area contributed by atoms with E-state index in [-0.39, 0.29) is 18.3 Å². The van der Waals surface area contributed by atoms with Crippen LogP contribution in [0, 0.1) is 5.41 Å². The maximum Gasteiger partial charge on any atom is 0.227 e. The molecule has 0 unspecified atom stereocenters. The summed E-state index contributed by atoms with van der Waals surface area (Å²) in [6.07, 6.45) is 10.9. The lowest BCUT2D eigenvalue weighted by Gasteiger charge is -2.46. The van der Waals surface area contributed by atoms with E-state index in [9.17, 15) is 8.42 Å². The number of rotatable bonds is 8. The van der Waals surface area contributed by atoms with Gasteiger partial charge < -0.3 is 15.1 Å². The number of hydrogen-bond donors (Lipinski definition) is 2. The molecule has 2 aliphatic rings. The van der Waals surface area contributed by atoms with Gasteiger partial charge in [-0.25, -0.2) is 23.4 Å². The molecule has 0 amide bonds. The molecule has 0 spiro atoms. The van der Waals surface area contributed by atoms with Crippen molar-refractivity contribution in [2.75, 3.05) is 18.4 Å². The number of anilines is 2. The van der Waals surface area contributed by atoms with Gasteiger partial charge in [0.15, 0.2) is 12.2 Å². The lowest BCUT2D eigenvalue weighted by molar-refractivity contribution is 0.138. The van der Waals surface area contributed by atoms with Crippen molar-refractivity contribution >= 4 is 27.9 Å². The first-order valence-corrected chi connectivity index (χ1v) is 12.6. The van der Waals surface area contributed by atoms with E-state index in [4.69, 9.17) is 9.83 Å². The molecule has 2 fully saturated rings. The summed E-state index contributed by atoms with van der Waals surface area (Å²) in [4.78, 5) is 12.9. The summed E-state index contributed by atoms with van der Waals surface area (Å²) in [5.41, 5.74) is 2.29. The molecule has 0 atom stereocenters. The minimum absolute atomic E-state index is 0.217. The van der Waals surface area contributed by atoms with E-state index in [0.717, 1.165) is 29.7 Å². The Hall–Kier alpha value is -3.90. The largest absolute Gasteiger partial charge is 0.444 e. The van der Waals surface area contributed by atoms with E-state index >= 15 is 0 Å². The van der Waals surface area contributed by atoms with E-state index in [0.29, 0.717) is 17.4 Å². The van der Waals surface area contributed by atoms with Crippen LogP contribution < -0.4 is 5.32 Å². The molecule has 4 aromatic rings. The first kappa shape index (κ1) is 21.6. The van der Waals surface area contributed by atoms with E-state index in [2.05, 4.69) is 25.4 Å². The Morgan fingerprint density at radius 1 is 1.17 bits per heavy atom. The Balaban J connectivity index is 1.20. The topological polar surface area (TPSA) is 143 Å². The van der Waals surface area contributed by atoms with Crippen LogP contribution in [0.5, 0.6) is 0 Å². The fourth-order valence-corrected chi connectivity index (χ4v) is 6.10. The summed E-state index contributed by atoms with van der Waals surface area (Å²) in [7, 11) is -3.27. The third-order valence-corrected chi connectivity index (χ3v) is 8.59. The molecule has 1 aliphatic carbocycles. The SMILES string of the molecule is N=CC1(n2cc(-c3ccnc(Nc4cccc(-c5cnco5)c4)n3)cn2)CN(S(=O)(=O)C2CC2)C1. The summed E-state index contributed by atoms with van der Waals surface area (Å²) >= 11 is 0. The number of hydrogen-bond acceptors (Lipinski definition) is 9. The van der Waals surface area contributed by atoms with Gasteiger partial charge in [-0.15, -0.1) is 0 Å². The van der Waals surface area contributed by atoms with Gasteiger partial charge in [0.25, 0.3) is 0 Å². The van der Waals surface area contributed by atoms with Gasteiger partial charge in [0.2, 0.25) is 16.0 Å². The number of nitrogens with zero attached hydrogens (tertiary/aromatic N) is 6. The molecule has 1 saturated carbocycles. The highest BCUT2D eigenvalue weighted by atomic mass is 32.2. The zero-order chi connectivity index (χ0) is 24.0. The van der Waals surface area contributed by atoms with Crippen LogP contribution in [0.1, 0.15) is 12.8 Å². The van der Waals surface area contributed by atoms with E-state index in [1.165, 1.54) is 16.9 Å². The van der Waals surface area contributed by atoms with Gasteiger partial charge in [0.1, 0.15) is 5.54 Å². The maximum atomic E-state index is 12.5. The molecule has 3 aromatic heterocycles. The average molecular weight is 491 g/mol. The van der Waals surface area contributed by atoms with Gasteiger partial charge in [-0.05, 0) is 31.0 Å². The smallest absolute Gasteiger partial charge is 0.227 e. The molecular weight excluding hydrogens is 468 g/mol. The van der Waals surface area contributed by atoms with Gasteiger partial charge in [-0.1, -0.05) is 12.1 Å². The van der Waals surface area contributed by atoms with E-state index < -0.39 is 15.6 Å². The van der Waals surface area contributed by atoms with Gasteiger partial charge in [-0.2, -0.15) is 9.40 Å². The molecule has 1 aromatic carbocycles. The van der Waals surface area contributed by atoms with Crippen molar-refractivity contribution in [3.63, 3.8) is 0 Å². The minimum Gasteiger partial charge on any atom is -0.444 e. The number of sulfonamides is 1. The lowest BCUT2D eigenvalue weighted by atomic mass is 9.94. The molecule has 2 N–H and O–H groups in total. The third kappa shape index (κ3) is 3.90. The second-order valence-electron chi connectivity index (χ2n) is 8.77. The first-order valence-electron chi connectivity index (χ1n) is 11.1. The molecule has 0 radical (unpaired) electrons. The Labute approximate surface area is 201 Å². The lowest BCUT2D eigenvalue weighted by Crippen LogP contribution is -2.65.